The van der Waals surface area contributed by atoms with Gasteiger partial charge in [0.15, 0.2) is 0 Å². The molecule has 35 heavy (non-hydrogen) atoms. The zero-order chi connectivity index (χ0) is 25.5. The number of aromatic nitrogens is 2. The number of anilines is 1. The first kappa shape index (κ1) is 24.6. The van der Waals surface area contributed by atoms with E-state index in [-0.39, 0.29) is 22.9 Å². The van der Waals surface area contributed by atoms with E-state index in [0.29, 0.717) is 27.0 Å². The number of carbonyl (C=O) groups is 2. The van der Waals surface area contributed by atoms with Crippen LogP contribution in [0.2, 0.25) is 0 Å². The molecule has 1 fully saturated rings. The van der Waals surface area contributed by atoms with Crippen molar-refractivity contribution in [1.82, 2.24) is 10.2 Å². The van der Waals surface area contributed by atoms with Crippen molar-refractivity contribution in [2.45, 2.75) is 59.1 Å². The number of amides is 1. The van der Waals surface area contributed by atoms with Gasteiger partial charge in [0.1, 0.15) is 16.5 Å². The summed E-state index contributed by atoms with van der Waals surface area (Å²) in [7, 11) is 0. The van der Waals surface area contributed by atoms with E-state index >= 15 is 0 Å². The lowest BCUT2D eigenvalue weighted by Crippen LogP contribution is -2.29. The fourth-order valence-corrected chi connectivity index (χ4v) is 4.73. The minimum absolute atomic E-state index is 0.00574. The predicted octanol–water partition coefficient (Wildman–Crippen LogP) is 5.56. The van der Waals surface area contributed by atoms with Crippen LogP contribution in [0.15, 0.2) is 54.1 Å². The maximum absolute atomic E-state index is 13.3. The second-order valence-corrected chi connectivity index (χ2v) is 11.0. The predicted molar refractivity (Wildman–Crippen MR) is 137 cm³/mol. The van der Waals surface area contributed by atoms with Crippen LogP contribution in [-0.2, 0) is 15.0 Å². The van der Waals surface area contributed by atoms with Gasteiger partial charge in [-0.2, -0.15) is 0 Å². The van der Waals surface area contributed by atoms with Crippen molar-refractivity contribution in [1.29, 1.82) is 0 Å². The van der Waals surface area contributed by atoms with E-state index in [2.05, 4.69) is 31.0 Å². The summed E-state index contributed by atoms with van der Waals surface area (Å²) in [6, 6.07) is 13.7. The molecule has 2 aromatic carbocycles. The molecule has 0 radical (unpaired) electrons. The van der Waals surface area contributed by atoms with E-state index in [9.17, 15) is 14.7 Å². The molecule has 1 atom stereocenters. The number of hydrogen-bond acceptors (Lipinski definition) is 7. The number of benzene rings is 2. The average molecular weight is 492 g/mol. The Bertz CT molecular complexity index is 1290. The molecule has 0 bridgehead atoms. The third-order valence-electron chi connectivity index (χ3n) is 5.76. The quantitative estimate of drug-likeness (QED) is 0.285. The molecule has 0 aliphatic carbocycles. The average Bonchev–Trinajstić information content (AvgIpc) is 3.33. The molecule has 0 saturated carbocycles. The number of ketones is 1. The fourth-order valence-electron chi connectivity index (χ4n) is 4.01. The number of ether oxygens (including phenoxy) is 1. The molecule has 2 heterocycles. The molecule has 8 heteroatoms. The molecule has 0 spiro atoms. The van der Waals surface area contributed by atoms with Crippen molar-refractivity contribution in [2.24, 2.45) is 0 Å². The van der Waals surface area contributed by atoms with E-state index in [1.807, 2.05) is 38.1 Å². The summed E-state index contributed by atoms with van der Waals surface area (Å²) < 4.78 is 5.68. The first-order valence-corrected chi connectivity index (χ1v) is 12.3. The standard InChI is InChI=1S/C27H29N3O4S/c1-15(2)34-20-13-9-18(10-14-20)23(31)21-22(17-7-11-19(12-8-17)27(4,5)6)30(25(33)24(21)32)26-29-28-16(3)35-26/h7-15,22,31H,1-6H3/b23-21+/t22-/m1/s1. The SMILES string of the molecule is Cc1nnc(N2C(=O)C(=O)/C(=C(/O)c3ccc(OC(C)C)cc3)[C@H]2c2ccc(C(C)(C)C)cc2)s1. The van der Waals surface area contributed by atoms with Crippen LogP contribution in [0.3, 0.4) is 0 Å². The van der Waals surface area contributed by atoms with Crippen molar-refractivity contribution in [2.75, 3.05) is 4.90 Å². The molecular weight excluding hydrogens is 462 g/mol. The summed E-state index contributed by atoms with van der Waals surface area (Å²) >= 11 is 1.22. The largest absolute Gasteiger partial charge is 0.507 e. The second-order valence-electron chi connectivity index (χ2n) is 9.84. The van der Waals surface area contributed by atoms with E-state index < -0.39 is 17.7 Å². The van der Waals surface area contributed by atoms with Gasteiger partial charge >= 0.3 is 5.91 Å². The van der Waals surface area contributed by atoms with Crippen LogP contribution in [0.4, 0.5) is 5.13 Å². The van der Waals surface area contributed by atoms with Crippen molar-refractivity contribution >= 4 is 33.9 Å². The van der Waals surface area contributed by atoms with Gasteiger partial charge in [-0.05, 0) is 61.6 Å². The lowest BCUT2D eigenvalue weighted by Gasteiger charge is -2.24. The molecule has 1 N–H and O–H groups in total. The normalized spacial score (nSPS) is 17.9. The molecule has 1 aromatic heterocycles. The van der Waals surface area contributed by atoms with Crippen molar-refractivity contribution in [3.8, 4) is 5.75 Å². The summed E-state index contributed by atoms with van der Waals surface area (Å²) in [5, 5.41) is 20.4. The van der Waals surface area contributed by atoms with Crippen LogP contribution in [0.25, 0.3) is 5.76 Å². The number of nitrogens with zero attached hydrogens (tertiary/aromatic N) is 3. The van der Waals surface area contributed by atoms with E-state index in [0.717, 1.165) is 5.56 Å². The molecule has 1 aliphatic rings. The first-order chi connectivity index (χ1) is 16.5. The fraction of sp³-hybridized carbons (Fsp3) is 0.333. The minimum atomic E-state index is -0.831. The number of carbonyl (C=O) groups excluding carboxylic acids is 2. The smallest absolute Gasteiger partial charge is 0.301 e. The third-order valence-corrected chi connectivity index (χ3v) is 6.60. The maximum atomic E-state index is 13.3. The third kappa shape index (κ3) is 4.84. The van der Waals surface area contributed by atoms with Crippen LogP contribution in [0.5, 0.6) is 5.75 Å². The Morgan fingerprint density at radius 1 is 1.03 bits per heavy atom. The summed E-state index contributed by atoms with van der Waals surface area (Å²) in [6.45, 7) is 12.0. The van der Waals surface area contributed by atoms with Gasteiger partial charge in [-0.1, -0.05) is 56.4 Å². The number of Topliss-reactive ketones (excluding diaryl/α,β-unsaturated/α-hetero) is 1. The van der Waals surface area contributed by atoms with Gasteiger partial charge in [-0.3, -0.25) is 14.5 Å². The van der Waals surface area contributed by atoms with Gasteiger partial charge in [0, 0.05) is 5.56 Å². The highest BCUT2D eigenvalue weighted by molar-refractivity contribution is 7.15. The zero-order valence-corrected chi connectivity index (χ0v) is 21.5. The van der Waals surface area contributed by atoms with Gasteiger partial charge in [0.25, 0.3) is 5.78 Å². The number of aryl methyl sites for hydroxylation is 1. The lowest BCUT2D eigenvalue weighted by molar-refractivity contribution is -0.132. The Morgan fingerprint density at radius 3 is 2.17 bits per heavy atom. The molecule has 3 aromatic rings. The summed E-state index contributed by atoms with van der Waals surface area (Å²) in [5.41, 5.74) is 2.20. The van der Waals surface area contributed by atoms with Crippen LogP contribution in [-0.4, -0.2) is 33.1 Å². The summed E-state index contributed by atoms with van der Waals surface area (Å²) in [4.78, 5) is 27.8. The lowest BCUT2D eigenvalue weighted by atomic mass is 9.85. The van der Waals surface area contributed by atoms with E-state index in [1.54, 1.807) is 31.2 Å². The number of aliphatic hydroxyl groups excluding tert-OH is 1. The second kappa shape index (κ2) is 9.26. The van der Waals surface area contributed by atoms with Crippen LogP contribution < -0.4 is 9.64 Å². The van der Waals surface area contributed by atoms with Gasteiger partial charge in [-0.15, -0.1) is 10.2 Å². The molecule has 1 amide bonds. The zero-order valence-electron chi connectivity index (χ0n) is 20.7. The van der Waals surface area contributed by atoms with Crippen molar-refractivity contribution < 1.29 is 19.4 Å². The van der Waals surface area contributed by atoms with Crippen LogP contribution in [0, 0.1) is 6.92 Å². The van der Waals surface area contributed by atoms with Crippen LogP contribution in [0.1, 0.15) is 62.4 Å². The van der Waals surface area contributed by atoms with Gasteiger partial charge in [0.2, 0.25) is 5.13 Å². The Hall–Kier alpha value is -3.52. The van der Waals surface area contributed by atoms with Crippen LogP contribution >= 0.6 is 11.3 Å². The highest BCUT2D eigenvalue weighted by atomic mass is 32.1. The molecule has 1 saturated heterocycles. The first-order valence-electron chi connectivity index (χ1n) is 11.5. The highest BCUT2D eigenvalue weighted by Gasteiger charge is 2.48. The Balaban J connectivity index is 1.85. The van der Waals surface area contributed by atoms with Gasteiger partial charge in [0.05, 0.1) is 17.7 Å². The molecule has 4 rings (SSSR count). The van der Waals surface area contributed by atoms with E-state index in [1.165, 1.54) is 16.2 Å². The molecule has 1 aliphatic heterocycles. The molecular formula is C27H29N3O4S. The topological polar surface area (TPSA) is 92.6 Å². The minimum Gasteiger partial charge on any atom is -0.507 e. The molecule has 7 nitrogen and oxygen atoms in total. The monoisotopic (exact) mass is 491 g/mol. The van der Waals surface area contributed by atoms with Crippen molar-refractivity contribution in [3.63, 3.8) is 0 Å². The van der Waals surface area contributed by atoms with Gasteiger partial charge < -0.3 is 9.84 Å². The highest BCUT2D eigenvalue weighted by Crippen LogP contribution is 2.43. The molecule has 182 valence electrons. The molecule has 0 unspecified atom stereocenters. The van der Waals surface area contributed by atoms with Gasteiger partial charge in [-0.25, -0.2) is 0 Å². The number of hydrogen-bond donors (Lipinski definition) is 1. The van der Waals surface area contributed by atoms with E-state index in [4.69, 9.17) is 4.74 Å². The Morgan fingerprint density at radius 2 is 1.66 bits per heavy atom. The summed E-state index contributed by atoms with van der Waals surface area (Å²) in [6.07, 6.45) is 0.00574. The number of rotatable bonds is 5. The maximum Gasteiger partial charge on any atom is 0.301 e. The Labute approximate surface area is 209 Å². The summed E-state index contributed by atoms with van der Waals surface area (Å²) in [5.74, 6) is -1.10. The Kier molecular flexibility index (Phi) is 6.51. The number of aliphatic hydroxyl groups is 1. The van der Waals surface area contributed by atoms with Crippen molar-refractivity contribution in [3.05, 3.63) is 75.8 Å².